The number of H-pyrrole nitrogens is 1. The molecule has 30 heavy (non-hydrogen) atoms. The van der Waals surface area contributed by atoms with E-state index in [4.69, 9.17) is 33.2 Å². The van der Waals surface area contributed by atoms with Gasteiger partial charge >= 0.3 is 11.7 Å². The second kappa shape index (κ2) is 8.93. The van der Waals surface area contributed by atoms with Gasteiger partial charge in [0.05, 0.1) is 27.8 Å². The van der Waals surface area contributed by atoms with Crippen molar-refractivity contribution in [3.63, 3.8) is 0 Å². The monoisotopic (exact) mass is 492 g/mol. The molecule has 2 rings (SSSR count). The summed E-state index contributed by atoms with van der Waals surface area (Å²) in [5, 5.41) is 13.0. The summed E-state index contributed by atoms with van der Waals surface area (Å²) < 4.78 is 95.7. The molecule has 162 valence electrons. The van der Waals surface area contributed by atoms with Crippen LogP contribution in [0.5, 0.6) is 0 Å². The van der Waals surface area contributed by atoms with E-state index in [1.54, 1.807) is 6.92 Å². The molecule has 0 amide bonds. The second-order valence-electron chi connectivity index (χ2n) is 5.23. The fourth-order valence-corrected chi connectivity index (χ4v) is 3.71. The van der Waals surface area contributed by atoms with Gasteiger partial charge in [0.1, 0.15) is 17.2 Å². The molecular formula is C15H8Cl2F6N4O2S. The van der Waals surface area contributed by atoms with E-state index < -0.39 is 66.0 Å². The van der Waals surface area contributed by atoms with Gasteiger partial charge in [-0.2, -0.15) is 28.5 Å². The Kier molecular flexibility index (Phi) is 7.18. The Bertz CT molecular complexity index is 1020. The summed E-state index contributed by atoms with van der Waals surface area (Å²) >= 11 is 7.99. The van der Waals surface area contributed by atoms with Crippen LogP contribution in [0.15, 0.2) is 16.0 Å². The van der Waals surface area contributed by atoms with Crippen LogP contribution in [0.1, 0.15) is 18.1 Å². The van der Waals surface area contributed by atoms with Crippen molar-refractivity contribution >= 4 is 46.6 Å². The van der Waals surface area contributed by atoms with Crippen molar-refractivity contribution in [3.8, 4) is 17.3 Å². The zero-order chi connectivity index (χ0) is 22.9. The lowest BCUT2D eigenvalue weighted by Gasteiger charge is -2.16. The number of rotatable bonds is 5. The first kappa shape index (κ1) is 24.1. The Morgan fingerprint density at radius 2 is 1.97 bits per heavy atom. The van der Waals surface area contributed by atoms with Crippen LogP contribution in [0.25, 0.3) is 11.3 Å². The van der Waals surface area contributed by atoms with Crippen LogP contribution >= 0.6 is 23.2 Å². The predicted octanol–water partition coefficient (Wildman–Crippen LogP) is 5.60. The van der Waals surface area contributed by atoms with Crippen LogP contribution < -0.4 is 0 Å². The Hall–Kier alpha value is -2.14. The number of aliphatic imine (C=N–C) groups is 1. The van der Waals surface area contributed by atoms with Gasteiger partial charge in [0.2, 0.25) is 10.7 Å². The SMILES string of the molecule is CCOC=Nc1[nH]nc(-c2c(Cl)cc(C(F)(F)F)c(C#N)c2Cl)c1[S+]([O-])C(F)(F)F. The van der Waals surface area contributed by atoms with E-state index in [0.717, 1.165) is 6.40 Å². The number of nitrogens with one attached hydrogen (secondary N) is 1. The molecule has 1 atom stereocenters. The molecule has 15 heteroatoms. The van der Waals surface area contributed by atoms with E-state index >= 15 is 0 Å². The second-order valence-corrected chi connectivity index (χ2v) is 7.43. The van der Waals surface area contributed by atoms with Crippen molar-refractivity contribution in [1.82, 2.24) is 10.2 Å². The zero-order valence-corrected chi connectivity index (χ0v) is 16.8. The highest BCUT2D eigenvalue weighted by atomic mass is 35.5. The van der Waals surface area contributed by atoms with Gasteiger partial charge in [-0.25, -0.2) is 0 Å². The number of hydrogen-bond acceptors (Lipinski definition) is 5. The van der Waals surface area contributed by atoms with Gasteiger partial charge in [-0.15, -0.1) is 13.2 Å². The number of nitrogens with zero attached hydrogens (tertiary/aromatic N) is 3. The van der Waals surface area contributed by atoms with E-state index in [9.17, 15) is 30.9 Å². The molecule has 0 bridgehead atoms. The van der Waals surface area contributed by atoms with Crippen molar-refractivity contribution in [1.29, 1.82) is 5.26 Å². The summed E-state index contributed by atoms with van der Waals surface area (Å²) in [6.07, 6.45) is -4.27. The number of aromatic amines is 1. The molecule has 6 nitrogen and oxygen atoms in total. The first-order valence-electron chi connectivity index (χ1n) is 7.55. The molecule has 0 aliphatic rings. The van der Waals surface area contributed by atoms with Crippen molar-refractivity contribution in [2.24, 2.45) is 4.99 Å². The molecular weight excluding hydrogens is 485 g/mol. The van der Waals surface area contributed by atoms with Crippen molar-refractivity contribution in [2.75, 3.05) is 6.61 Å². The first-order chi connectivity index (χ1) is 13.8. The average Bonchev–Trinajstić information content (AvgIpc) is 3.02. The van der Waals surface area contributed by atoms with Gasteiger partial charge in [-0.3, -0.25) is 5.10 Å². The van der Waals surface area contributed by atoms with E-state index in [-0.39, 0.29) is 6.61 Å². The van der Waals surface area contributed by atoms with E-state index in [0.29, 0.717) is 6.07 Å². The Balaban J connectivity index is 2.84. The summed E-state index contributed by atoms with van der Waals surface area (Å²) in [7, 11) is 0. The number of hydrogen-bond donors (Lipinski definition) is 1. The van der Waals surface area contributed by atoms with Crippen LogP contribution in [-0.4, -0.2) is 33.3 Å². The lowest BCUT2D eigenvalue weighted by Crippen LogP contribution is -2.23. The predicted molar refractivity (Wildman–Crippen MR) is 96.0 cm³/mol. The molecule has 1 heterocycles. The van der Waals surface area contributed by atoms with Crippen molar-refractivity contribution < 1.29 is 35.6 Å². The van der Waals surface area contributed by atoms with Gasteiger partial charge in [0, 0.05) is 5.56 Å². The molecule has 1 N–H and O–H groups in total. The first-order valence-corrected chi connectivity index (χ1v) is 9.45. The topological polar surface area (TPSA) is 97.1 Å². The minimum Gasteiger partial charge on any atom is -0.604 e. The minimum atomic E-state index is -5.28. The quantitative estimate of drug-likeness (QED) is 0.254. The molecule has 0 saturated heterocycles. The van der Waals surface area contributed by atoms with Gasteiger partial charge in [-0.1, -0.05) is 23.2 Å². The normalized spacial score (nSPS) is 13.5. The lowest BCUT2D eigenvalue weighted by atomic mass is 10.0. The zero-order valence-electron chi connectivity index (χ0n) is 14.5. The minimum absolute atomic E-state index is 0.115. The fourth-order valence-electron chi connectivity index (χ4n) is 2.20. The van der Waals surface area contributed by atoms with Gasteiger partial charge in [-0.05, 0) is 13.0 Å². The standard InChI is InChI=1S/C15H8Cl2F6N4O2S/c1-2-29-5-25-13-12(30(28)15(21,22)23)11(26-27-13)9-8(16)3-7(14(18,19)20)6(4-24)10(9)17/h3,5H,2H2,1H3,(H,26,27). The average molecular weight is 493 g/mol. The van der Waals surface area contributed by atoms with Crippen LogP contribution in [0.4, 0.5) is 32.2 Å². The van der Waals surface area contributed by atoms with Crippen LogP contribution in [0, 0.1) is 11.3 Å². The van der Waals surface area contributed by atoms with Crippen molar-refractivity contribution in [3.05, 3.63) is 27.2 Å². The molecule has 2 aromatic rings. The number of ether oxygens (including phenoxy) is 1. The Morgan fingerprint density at radius 3 is 2.47 bits per heavy atom. The van der Waals surface area contributed by atoms with E-state index in [1.165, 1.54) is 6.07 Å². The third kappa shape index (κ3) is 4.77. The maximum absolute atomic E-state index is 13.2. The molecule has 0 fully saturated rings. The molecule has 1 aromatic heterocycles. The summed E-state index contributed by atoms with van der Waals surface area (Å²) in [6, 6.07) is 1.56. The highest BCUT2D eigenvalue weighted by Gasteiger charge is 2.50. The van der Waals surface area contributed by atoms with Crippen LogP contribution in [-0.2, 0) is 22.1 Å². The third-order valence-corrected chi connectivity index (χ3v) is 5.25. The fraction of sp³-hybridized carbons (Fsp3) is 0.267. The van der Waals surface area contributed by atoms with Gasteiger partial charge in [0.15, 0.2) is 12.1 Å². The number of halogens is 8. The van der Waals surface area contributed by atoms with Crippen LogP contribution in [0.2, 0.25) is 10.0 Å². The van der Waals surface area contributed by atoms with E-state index in [2.05, 4.69) is 15.2 Å². The Labute approximate surface area is 177 Å². The number of nitriles is 1. The lowest BCUT2D eigenvalue weighted by molar-refractivity contribution is -0.137. The maximum atomic E-state index is 13.2. The van der Waals surface area contributed by atoms with Gasteiger partial charge < -0.3 is 9.29 Å². The Morgan fingerprint density at radius 1 is 1.33 bits per heavy atom. The molecule has 1 unspecified atom stereocenters. The summed E-state index contributed by atoms with van der Waals surface area (Å²) in [5.74, 6) is -0.653. The van der Waals surface area contributed by atoms with Gasteiger partial charge in [0.25, 0.3) is 0 Å². The molecule has 0 aliphatic carbocycles. The maximum Gasteiger partial charge on any atom is 0.578 e. The number of benzene rings is 1. The molecule has 0 radical (unpaired) electrons. The summed E-state index contributed by atoms with van der Waals surface area (Å²) in [5.41, 5.74) is -9.29. The van der Waals surface area contributed by atoms with E-state index in [1.807, 2.05) is 0 Å². The third-order valence-electron chi connectivity index (χ3n) is 3.39. The highest BCUT2D eigenvalue weighted by molar-refractivity contribution is 7.92. The molecule has 0 saturated carbocycles. The molecule has 1 aromatic carbocycles. The summed E-state index contributed by atoms with van der Waals surface area (Å²) in [6.45, 7) is 1.68. The highest BCUT2D eigenvalue weighted by Crippen LogP contribution is 2.47. The number of alkyl halides is 6. The van der Waals surface area contributed by atoms with Crippen LogP contribution in [0.3, 0.4) is 0 Å². The van der Waals surface area contributed by atoms with Crippen molar-refractivity contribution in [2.45, 2.75) is 23.5 Å². The summed E-state index contributed by atoms with van der Waals surface area (Å²) in [4.78, 5) is 2.50. The smallest absolute Gasteiger partial charge is 0.578 e. The molecule has 0 aliphatic heterocycles. The number of aromatic nitrogens is 2. The molecule has 0 spiro atoms. The largest absolute Gasteiger partial charge is 0.604 e.